The number of methoxy groups -OCH3 is 1. The molecule has 0 saturated heterocycles. The number of hydrogen-bond donors (Lipinski definition) is 2. The Morgan fingerprint density at radius 1 is 1.40 bits per heavy atom. The predicted molar refractivity (Wildman–Crippen MR) is 107 cm³/mol. The van der Waals surface area contributed by atoms with Gasteiger partial charge in [-0.1, -0.05) is 12.1 Å². The molecule has 0 atom stereocenters. The van der Waals surface area contributed by atoms with Gasteiger partial charge in [0.25, 0.3) is 5.91 Å². The van der Waals surface area contributed by atoms with Gasteiger partial charge in [0, 0.05) is 6.54 Å². The van der Waals surface area contributed by atoms with Crippen molar-refractivity contribution in [2.45, 2.75) is 6.54 Å². The van der Waals surface area contributed by atoms with E-state index in [0.717, 1.165) is 11.3 Å². The maximum Gasteiger partial charge on any atom is 0.262 e. The lowest BCUT2D eigenvalue weighted by Crippen LogP contribution is -2.23. The van der Waals surface area contributed by atoms with Crippen LogP contribution in [0, 0.1) is 14.9 Å². The van der Waals surface area contributed by atoms with Gasteiger partial charge in [0.2, 0.25) is 0 Å². The van der Waals surface area contributed by atoms with Crippen LogP contribution in [0.25, 0.3) is 6.08 Å². The number of amides is 1. The number of halogens is 2. The molecule has 0 radical (unpaired) electrons. The van der Waals surface area contributed by atoms with Gasteiger partial charge >= 0.3 is 0 Å². The highest BCUT2D eigenvalue weighted by atomic mass is 127. The van der Waals surface area contributed by atoms with E-state index >= 15 is 0 Å². The van der Waals surface area contributed by atoms with Gasteiger partial charge in [0.1, 0.15) is 23.1 Å². The summed E-state index contributed by atoms with van der Waals surface area (Å²) in [5.41, 5.74) is 1.53. The zero-order valence-corrected chi connectivity index (χ0v) is 17.0. The van der Waals surface area contributed by atoms with E-state index in [1.807, 2.05) is 40.8 Å². The number of aromatic hydroxyl groups is 1. The summed E-state index contributed by atoms with van der Waals surface area (Å²) in [6.07, 6.45) is 1.48. The van der Waals surface area contributed by atoms with Gasteiger partial charge in [-0.3, -0.25) is 4.79 Å². The first kappa shape index (κ1) is 19.3. The Hall–Kier alpha value is -2.05. The average Bonchev–Trinajstić information content (AvgIpc) is 2.62. The zero-order chi connectivity index (χ0) is 18.4. The van der Waals surface area contributed by atoms with E-state index in [1.165, 1.54) is 6.08 Å². The fraction of sp³-hybridized carbons (Fsp3) is 0.111. The van der Waals surface area contributed by atoms with Crippen LogP contribution < -0.4 is 10.1 Å². The van der Waals surface area contributed by atoms with Crippen molar-refractivity contribution in [3.8, 4) is 17.6 Å². The standard InChI is InChI=1S/C18H14BrIN2O3/c1-25-14-4-2-11(3-5-14)10-22-18(24)13(9-21)6-12-7-15(19)17(23)16(20)8-12/h2-8,23H,10H2,1H3,(H,22,24)/b13-6-. The number of ether oxygens (including phenoxy) is 1. The van der Waals surface area contributed by atoms with Crippen molar-refractivity contribution >= 4 is 50.5 Å². The molecule has 0 aromatic heterocycles. The topological polar surface area (TPSA) is 82.3 Å². The lowest BCUT2D eigenvalue weighted by atomic mass is 10.1. The molecule has 0 aliphatic heterocycles. The molecule has 0 spiro atoms. The third-order valence-corrected chi connectivity index (χ3v) is 4.75. The van der Waals surface area contributed by atoms with Crippen LogP contribution >= 0.6 is 38.5 Å². The van der Waals surface area contributed by atoms with E-state index < -0.39 is 5.91 Å². The number of nitrogens with zero attached hydrogens (tertiary/aromatic N) is 1. The minimum Gasteiger partial charge on any atom is -0.506 e. The molecule has 5 nitrogen and oxygen atoms in total. The molecular formula is C18H14BrIN2O3. The van der Waals surface area contributed by atoms with Crippen molar-refractivity contribution in [2.75, 3.05) is 7.11 Å². The summed E-state index contributed by atoms with van der Waals surface area (Å²) in [5, 5.41) is 21.7. The fourth-order valence-electron chi connectivity index (χ4n) is 2.00. The molecule has 25 heavy (non-hydrogen) atoms. The average molecular weight is 513 g/mol. The van der Waals surface area contributed by atoms with Crippen molar-refractivity contribution in [3.63, 3.8) is 0 Å². The minimum atomic E-state index is -0.461. The highest BCUT2D eigenvalue weighted by Gasteiger charge is 2.11. The fourth-order valence-corrected chi connectivity index (χ4v) is 3.50. The van der Waals surface area contributed by atoms with Crippen LogP contribution in [0.5, 0.6) is 11.5 Å². The van der Waals surface area contributed by atoms with Crippen molar-refractivity contribution in [1.82, 2.24) is 5.32 Å². The molecular weight excluding hydrogens is 499 g/mol. The second kappa shape index (κ2) is 8.87. The molecule has 128 valence electrons. The molecule has 0 saturated carbocycles. The summed E-state index contributed by atoms with van der Waals surface area (Å²) >= 11 is 5.22. The van der Waals surface area contributed by atoms with Crippen LogP contribution in [0.1, 0.15) is 11.1 Å². The summed E-state index contributed by atoms with van der Waals surface area (Å²) < 4.78 is 6.20. The van der Waals surface area contributed by atoms with Gasteiger partial charge in [0.05, 0.1) is 15.2 Å². The molecule has 0 bridgehead atoms. The largest absolute Gasteiger partial charge is 0.506 e. The van der Waals surface area contributed by atoms with Gasteiger partial charge in [0.15, 0.2) is 0 Å². The Bertz CT molecular complexity index is 835. The molecule has 2 rings (SSSR count). The number of hydrogen-bond acceptors (Lipinski definition) is 4. The normalized spacial score (nSPS) is 10.9. The molecule has 2 N–H and O–H groups in total. The first-order valence-corrected chi connectivity index (χ1v) is 9.02. The number of nitriles is 1. The van der Waals surface area contributed by atoms with Gasteiger partial charge in [-0.25, -0.2) is 0 Å². The van der Waals surface area contributed by atoms with Crippen molar-refractivity contribution in [1.29, 1.82) is 5.26 Å². The molecule has 0 aliphatic rings. The molecule has 1 amide bonds. The number of nitrogens with one attached hydrogen (secondary N) is 1. The highest BCUT2D eigenvalue weighted by Crippen LogP contribution is 2.31. The van der Waals surface area contributed by atoms with Crippen molar-refractivity contribution < 1.29 is 14.6 Å². The van der Waals surface area contributed by atoms with Gasteiger partial charge in [-0.2, -0.15) is 5.26 Å². The van der Waals surface area contributed by atoms with E-state index in [0.29, 0.717) is 20.2 Å². The summed E-state index contributed by atoms with van der Waals surface area (Å²) in [5.74, 6) is 0.401. The maximum atomic E-state index is 12.2. The predicted octanol–water partition coefficient (Wildman–Crippen LogP) is 3.99. The van der Waals surface area contributed by atoms with Gasteiger partial charge in [-0.15, -0.1) is 0 Å². The first-order valence-electron chi connectivity index (χ1n) is 7.15. The third-order valence-electron chi connectivity index (χ3n) is 3.33. The Morgan fingerprint density at radius 3 is 2.64 bits per heavy atom. The summed E-state index contributed by atoms with van der Waals surface area (Å²) in [6, 6.07) is 12.5. The summed E-state index contributed by atoms with van der Waals surface area (Å²) in [6.45, 7) is 0.304. The Labute approximate surface area is 167 Å². The molecule has 0 heterocycles. The van der Waals surface area contributed by atoms with Crippen LogP contribution in [-0.2, 0) is 11.3 Å². The van der Waals surface area contributed by atoms with E-state index in [1.54, 1.807) is 31.4 Å². The Balaban J connectivity index is 2.11. The van der Waals surface area contributed by atoms with E-state index in [-0.39, 0.29) is 11.3 Å². The minimum absolute atomic E-state index is 0.0121. The van der Waals surface area contributed by atoms with Gasteiger partial charge in [-0.05, 0) is 80.0 Å². The molecule has 0 unspecified atom stereocenters. The monoisotopic (exact) mass is 512 g/mol. The van der Waals surface area contributed by atoms with Crippen molar-refractivity contribution in [3.05, 3.63) is 61.1 Å². The molecule has 2 aromatic rings. The summed E-state index contributed by atoms with van der Waals surface area (Å²) in [4.78, 5) is 12.2. The van der Waals surface area contributed by atoms with Crippen LogP contribution in [0.15, 0.2) is 46.4 Å². The zero-order valence-electron chi connectivity index (χ0n) is 13.2. The number of phenols is 1. The third kappa shape index (κ3) is 5.21. The molecule has 0 fully saturated rings. The van der Waals surface area contributed by atoms with Crippen molar-refractivity contribution in [2.24, 2.45) is 0 Å². The van der Waals surface area contributed by atoms with Gasteiger partial charge < -0.3 is 15.2 Å². The smallest absolute Gasteiger partial charge is 0.262 e. The summed E-state index contributed by atoms with van der Waals surface area (Å²) in [7, 11) is 1.59. The second-order valence-corrected chi connectivity index (χ2v) is 7.05. The number of carbonyl (C=O) groups excluding carboxylic acids is 1. The van der Waals surface area contributed by atoms with E-state index in [9.17, 15) is 15.2 Å². The van der Waals surface area contributed by atoms with Crippen LogP contribution in [0.2, 0.25) is 0 Å². The number of rotatable bonds is 5. The quantitative estimate of drug-likeness (QED) is 0.360. The van der Waals surface area contributed by atoms with Crippen LogP contribution in [-0.4, -0.2) is 18.1 Å². The first-order chi connectivity index (χ1) is 11.9. The number of benzene rings is 2. The Morgan fingerprint density at radius 2 is 2.08 bits per heavy atom. The van der Waals surface area contributed by atoms with Crippen LogP contribution in [0.3, 0.4) is 0 Å². The lowest BCUT2D eigenvalue weighted by Gasteiger charge is -2.06. The van der Waals surface area contributed by atoms with E-state index in [2.05, 4.69) is 21.2 Å². The lowest BCUT2D eigenvalue weighted by molar-refractivity contribution is -0.117. The highest BCUT2D eigenvalue weighted by molar-refractivity contribution is 14.1. The SMILES string of the molecule is COc1ccc(CNC(=O)/C(C#N)=C\c2cc(Br)c(O)c(I)c2)cc1. The molecule has 2 aromatic carbocycles. The number of phenolic OH excluding ortho intramolecular Hbond substituents is 1. The Kier molecular flexibility index (Phi) is 6.84. The molecule has 0 aliphatic carbocycles. The van der Waals surface area contributed by atoms with E-state index in [4.69, 9.17) is 4.74 Å². The van der Waals surface area contributed by atoms with Crippen LogP contribution in [0.4, 0.5) is 0 Å². The molecule has 7 heteroatoms. The second-order valence-electron chi connectivity index (χ2n) is 5.03. The maximum absolute atomic E-state index is 12.2. The number of carbonyl (C=O) groups is 1.